The summed E-state index contributed by atoms with van der Waals surface area (Å²) in [6.45, 7) is 0. The van der Waals surface area contributed by atoms with Crippen LogP contribution in [0.3, 0.4) is 0 Å². The maximum absolute atomic E-state index is 12.2. The van der Waals surface area contributed by atoms with E-state index in [1.165, 1.54) is 0 Å². The number of anilines is 1. The molecule has 0 amide bonds. The maximum Gasteiger partial charge on any atom is 0.434 e. The van der Waals surface area contributed by atoms with Gasteiger partial charge in [0.05, 0.1) is 10.7 Å². The molecule has 15 heavy (non-hydrogen) atoms. The number of hydrogen-bond donors (Lipinski definition) is 1. The summed E-state index contributed by atoms with van der Waals surface area (Å²) < 4.78 is 60.9. The standard InChI is InChI=1S/C7H4ClF5N2/c8-2-1-3(14)4(6(9)10)15-5(2)7(11,12)13/h1,6H,14H2. The molecule has 0 unspecified atom stereocenters. The van der Waals surface area contributed by atoms with Gasteiger partial charge in [0.15, 0.2) is 5.69 Å². The van der Waals surface area contributed by atoms with Crippen LogP contribution < -0.4 is 5.73 Å². The van der Waals surface area contributed by atoms with Gasteiger partial charge in [-0.2, -0.15) is 13.2 Å². The van der Waals surface area contributed by atoms with Crippen molar-refractivity contribution in [1.29, 1.82) is 0 Å². The largest absolute Gasteiger partial charge is 0.434 e. The number of alkyl halides is 5. The zero-order valence-electron chi connectivity index (χ0n) is 6.95. The first-order valence-corrected chi connectivity index (χ1v) is 3.92. The summed E-state index contributed by atoms with van der Waals surface area (Å²) in [5.74, 6) is 0. The summed E-state index contributed by atoms with van der Waals surface area (Å²) in [5, 5.41) is -0.801. The van der Waals surface area contributed by atoms with E-state index < -0.39 is 34.7 Å². The van der Waals surface area contributed by atoms with Crippen LogP contribution in [0.1, 0.15) is 17.8 Å². The Bertz CT molecular complexity index is 376. The van der Waals surface area contributed by atoms with E-state index in [2.05, 4.69) is 4.98 Å². The third kappa shape index (κ3) is 2.47. The van der Waals surface area contributed by atoms with Crippen LogP contribution >= 0.6 is 11.6 Å². The molecule has 0 aromatic carbocycles. The second-order valence-corrected chi connectivity index (χ2v) is 3.00. The summed E-state index contributed by atoms with van der Waals surface area (Å²) in [6, 6.07) is 0.610. The fourth-order valence-electron chi connectivity index (χ4n) is 0.891. The average Bonchev–Trinajstić information content (AvgIpc) is 2.00. The van der Waals surface area contributed by atoms with Gasteiger partial charge < -0.3 is 5.73 Å². The molecule has 8 heteroatoms. The minimum Gasteiger partial charge on any atom is -0.397 e. The van der Waals surface area contributed by atoms with Gasteiger partial charge >= 0.3 is 6.18 Å². The second kappa shape index (κ2) is 3.80. The average molecular weight is 247 g/mol. The van der Waals surface area contributed by atoms with Crippen molar-refractivity contribution in [2.75, 3.05) is 5.73 Å². The molecular weight excluding hydrogens is 243 g/mol. The molecule has 0 radical (unpaired) electrons. The van der Waals surface area contributed by atoms with Gasteiger partial charge in [0.25, 0.3) is 6.43 Å². The molecule has 0 aliphatic rings. The Morgan fingerprint density at radius 1 is 1.33 bits per heavy atom. The van der Waals surface area contributed by atoms with E-state index in [9.17, 15) is 22.0 Å². The van der Waals surface area contributed by atoms with Crippen molar-refractivity contribution in [2.45, 2.75) is 12.6 Å². The van der Waals surface area contributed by atoms with Crippen molar-refractivity contribution in [1.82, 2.24) is 4.98 Å². The number of hydrogen-bond acceptors (Lipinski definition) is 2. The number of aromatic nitrogens is 1. The highest BCUT2D eigenvalue weighted by Crippen LogP contribution is 2.36. The van der Waals surface area contributed by atoms with Gasteiger partial charge in [-0.05, 0) is 6.07 Å². The lowest BCUT2D eigenvalue weighted by Gasteiger charge is -2.11. The normalized spacial score (nSPS) is 12.2. The van der Waals surface area contributed by atoms with Crippen LogP contribution in [0.5, 0.6) is 0 Å². The van der Waals surface area contributed by atoms with Crippen LogP contribution in [-0.2, 0) is 6.18 Å². The number of halogens is 6. The van der Waals surface area contributed by atoms with Gasteiger partial charge in [-0.3, -0.25) is 0 Å². The second-order valence-electron chi connectivity index (χ2n) is 2.59. The molecule has 0 spiro atoms. The Balaban J connectivity index is 3.37. The number of nitrogen functional groups attached to an aromatic ring is 1. The summed E-state index contributed by atoms with van der Waals surface area (Å²) >= 11 is 5.18. The Kier molecular flexibility index (Phi) is 3.03. The zero-order chi connectivity index (χ0) is 11.8. The molecular formula is C7H4ClF5N2. The molecule has 0 aliphatic carbocycles. The van der Waals surface area contributed by atoms with Gasteiger partial charge in [0, 0.05) is 0 Å². The van der Waals surface area contributed by atoms with Crippen molar-refractivity contribution >= 4 is 17.3 Å². The highest BCUT2D eigenvalue weighted by Gasteiger charge is 2.36. The molecule has 0 fully saturated rings. The predicted molar refractivity (Wildman–Crippen MR) is 43.6 cm³/mol. The smallest absolute Gasteiger partial charge is 0.397 e. The lowest BCUT2D eigenvalue weighted by Crippen LogP contribution is -2.12. The maximum atomic E-state index is 12.2. The fraction of sp³-hybridized carbons (Fsp3) is 0.286. The highest BCUT2D eigenvalue weighted by atomic mass is 35.5. The minimum absolute atomic E-state index is 0.567. The molecule has 0 bridgehead atoms. The number of nitrogens with zero attached hydrogens (tertiary/aromatic N) is 1. The first kappa shape index (κ1) is 12.0. The van der Waals surface area contributed by atoms with E-state index >= 15 is 0 Å². The molecule has 1 aromatic rings. The number of nitrogens with two attached hydrogens (primary N) is 1. The van der Waals surface area contributed by atoms with Gasteiger partial charge in [0.2, 0.25) is 0 Å². The van der Waals surface area contributed by atoms with Crippen LogP contribution in [0.25, 0.3) is 0 Å². The zero-order valence-corrected chi connectivity index (χ0v) is 7.70. The topological polar surface area (TPSA) is 38.9 Å². The molecule has 0 saturated carbocycles. The predicted octanol–water partition coefficient (Wildman–Crippen LogP) is 3.27. The van der Waals surface area contributed by atoms with Crippen LogP contribution in [0.15, 0.2) is 6.07 Å². The van der Waals surface area contributed by atoms with Crippen molar-refractivity contribution in [3.63, 3.8) is 0 Å². The first-order chi connectivity index (χ1) is 6.73. The van der Waals surface area contributed by atoms with Crippen LogP contribution in [-0.4, -0.2) is 4.98 Å². The van der Waals surface area contributed by atoms with Gasteiger partial charge in [-0.25, -0.2) is 13.8 Å². The van der Waals surface area contributed by atoms with Crippen LogP contribution in [0, 0.1) is 0 Å². The van der Waals surface area contributed by atoms with E-state index in [0.29, 0.717) is 6.07 Å². The van der Waals surface area contributed by atoms with Crippen LogP contribution in [0.2, 0.25) is 5.02 Å². The first-order valence-electron chi connectivity index (χ1n) is 3.54. The Morgan fingerprint density at radius 2 is 1.87 bits per heavy atom. The number of rotatable bonds is 1. The molecule has 0 aliphatic heterocycles. The third-order valence-electron chi connectivity index (χ3n) is 1.51. The fourth-order valence-corrected chi connectivity index (χ4v) is 1.16. The SMILES string of the molecule is Nc1cc(Cl)c(C(F)(F)F)nc1C(F)F. The molecule has 2 nitrogen and oxygen atoms in total. The Labute approximate surface area is 85.9 Å². The molecule has 1 heterocycles. The molecule has 1 aromatic heterocycles. The molecule has 0 atom stereocenters. The van der Waals surface area contributed by atoms with Crippen LogP contribution in [0.4, 0.5) is 27.6 Å². The summed E-state index contributed by atoms with van der Waals surface area (Å²) in [5.41, 5.74) is 1.79. The van der Waals surface area contributed by atoms with E-state index in [1.54, 1.807) is 0 Å². The van der Waals surface area contributed by atoms with E-state index in [0.717, 1.165) is 0 Å². The highest BCUT2D eigenvalue weighted by molar-refractivity contribution is 6.31. The van der Waals surface area contributed by atoms with Crippen molar-refractivity contribution in [2.24, 2.45) is 0 Å². The van der Waals surface area contributed by atoms with E-state index in [4.69, 9.17) is 17.3 Å². The molecule has 2 N–H and O–H groups in total. The molecule has 0 saturated heterocycles. The van der Waals surface area contributed by atoms with Crippen molar-refractivity contribution < 1.29 is 22.0 Å². The summed E-state index contributed by atoms with van der Waals surface area (Å²) in [4.78, 5) is 2.71. The van der Waals surface area contributed by atoms with Gasteiger partial charge in [-0.1, -0.05) is 11.6 Å². The summed E-state index contributed by atoms with van der Waals surface area (Å²) in [6.07, 6.45) is -8.06. The molecule has 84 valence electrons. The minimum atomic E-state index is -4.88. The van der Waals surface area contributed by atoms with E-state index in [-0.39, 0.29) is 0 Å². The third-order valence-corrected chi connectivity index (χ3v) is 1.80. The quantitative estimate of drug-likeness (QED) is 0.773. The van der Waals surface area contributed by atoms with Crippen molar-refractivity contribution in [3.05, 3.63) is 22.5 Å². The summed E-state index contributed by atoms with van der Waals surface area (Å²) in [7, 11) is 0. The lowest BCUT2D eigenvalue weighted by atomic mass is 10.2. The monoisotopic (exact) mass is 246 g/mol. The number of pyridine rings is 1. The molecule has 1 rings (SSSR count). The Morgan fingerprint density at radius 3 is 2.27 bits per heavy atom. The van der Waals surface area contributed by atoms with Gasteiger partial charge in [-0.15, -0.1) is 0 Å². The van der Waals surface area contributed by atoms with Gasteiger partial charge in [0.1, 0.15) is 5.69 Å². The van der Waals surface area contributed by atoms with Crippen molar-refractivity contribution in [3.8, 4) is 0 Å². The van der Waals surface area contributed by atoms with E-state index in [1.807, 2.05) is 0 Å². The Hall–Kier alpha value is -1.11. The lowest BCUT2D eigenvalue weighted by molar-refractivity contribution is -0.141.